The molecule has 0 saturated carbocycles. The van der Waals surface area contributed by atoms with E-state index in [1.54, 1.807) is 31.4 Å². The van der Waals surface area contributed by atoms with Gasteiger partial charge in [-0.05, 0) is 29.8 Å². The Morgan fingerprint density at radius 2 is 1.67 bits per heavy atom. The molecule has 21 heavy (non-hydrogen) atoms. The fourth-order valence-corrected chi connectivity index (χ4v) is 2.41. The summed E-state index contributed by atoms with van der Waals surface area (Å²) in [6.45, 7) is 0. The lowest BCUT2D eigenvalue weighted by Crippen LogP contribution is -2.29. The molecule has 1 atom stereocenters. The van der Waals surface area contributed by atoms with Crippen molar-refractivity contribution in [1.29, 1.82) is 0 Å². The van der Waals surface area contributed by atoms with Crippen LogP contribution in [0.4, 0.5) is 10.5 Å². The van der Waals surface area contributed by atoms with Crippen LogP contribution in [0.2, 0.25) is 0 Å². The van der Waals surface area contributed by atoms with E-state index in [4.69, 9.17) is 4.74 Å². The van der Waals surface area contributed by atoms with Crippen LogP contribution < -0.4 is 15.0 Å². The van der Waals surface area contributed by atoms with E-state index in [-0.39, 0.29) is 5.91 Å². The van der Waals surface area contributed by atoms with Gasteiger partial charge in [0.1, 0.15) is 11.8 Å². The van der Waals surface area contributed by atoms with E-state index in [1.807, 2.05) is 30.3 Å². The smallest absolute Gasteiger partial charge is 0.329 e. The third-order valence-electron chi connectivity index (χ3n) is 3.42. The highest BCUT2D eigenvalue weighted by molar-refractivity contribution is 6.14. The highest BCUT2D eigenvalue weighted by atomic mass is 16.5. The molecule has 0 radical (unpaired) electrons. The first-order valence-corrected chi connectivity index (χ1v) is 6.54. The number of nitrogens with zero attached hydrogens (tertiary/aromatic N) is 1. The van der Waals surface area contributed by atoms with Gasteiger partial charge in [-0.2, -0.15) is 0 Å². The van der Waals surface area contributed by atoms with Gasteiger partial charge in [0.25, 0.3) is 5.91 Å². The molecule has 2 aromatic rings. The average Bonchev–Trinajstić information content (AvgIpc) is 2.82. The Morgan fingerprint density at radius 3 is 2.29 bits per heavy atom. The molecule has 5 heteroatoms. The number of benzene rings is 2. The molecular formula is C16H14N2O3. The van der Waals surface area contributed by atoms with Gasteiger partial charge < -0.3 is 4.74 Å². The van der Waals surface area contributed by atoms with Crippen LogP contribution in [-0.2, 0) is 4.79 Å². The number of rotatable bonds is 3. The summed E-state index contributed by atoms with van der Waals surface area (Å²) >= 11 is 0. The number of ether oxygens (including phenoxy) is 1. The number of carbonyl (C=O) groups is 2. The molecule has 1 N–H and O–H groups in total. The quantitative estimate of drug-likeness (QED) is 0.880. The molecule has 0 aliphatic carbocycles. The lowest BCUT2D eigenvalue weighted by atomic mass is 10.1. The van der Waals surface area contributed by atoms with Crippen molar-refractivity contribution in [2.75, 3.05) is 12.0 Å². The summed E-state index contributed by atoms with van der Waals surface area (Å²) in [6.07, 6.45) is 0. The van der Waals surface area contributed by atoms with Gasteiger partial charge in [-0.3, -0.25) is 15.0 Å². The van der Waals surface area contributed by atoms with Gasteiger partial charge in [0, 0.05) is 5.69 Å². The number of amides is 3. The molecule has 3 rings (SSSR count). The highest BCUT2D eigenvalue weighted by Crippen LogP contribution is 2.32. The summed E-state index contributed by atoms with van der Waals surface area (Å²) in [5, 5.41) is 2.36. The number of methoxy groups -OCH3 is 1. The van der Waals surface area contributed by atoms with Crippen molar-refractivity contribution in [2.45, 2.75) is 6.04 Å². The van der Waals surface area contributed by atoms with Crippen molar-refractivity contribution in [3.8, 4) is 5.75 Å². The van der Waals surface area contributed by atoms with Crippen molar-refractivity contribution >= 4 is 17.6 Å². The van der Waals surface area contributed by atoms with Gasteiger partial charge in [-0.1, -0.05) is 30.3 Å². The van der Waals surface area contributed by atoms with Crippen LogP contribution in [0.5, 0.6) is 5.75 Å². The molecule has 1 fully saturated rings. The zero-order valence-electron chi connectivity index (χ0n) is 11.4. The number of urea groups is 1. The van der Waals surface area contributed by atoms with Crippen LogP contribution in [0.3, 0.4) is 0 Å². The second-order valence-electron chi connectivity index (χ2n) is 4.68. The molecule has 0 aromatic heterocycles. The summed E-state index contributed by atoms with van der Waals surface area (Å²) in [5.74, 6) is 0.378. The minimum absolute atomic E-state index is 0.318. The number of hydrogen-bond donors (Lipinski definition) is 1. The Labute approximate surface area is 122 Å². The Morgan fingerprint density at radius 1 is 1.00 bits per heavy atom. The first-order valence-electron chi connectivity index (χ1n) is 6.54. The highest BCUT2D eigenvalue weighted by Gasteiger charge is 2.40. The molecule has 1 aliphatic heterocycles. The van der Waals surface area contributed by atoms with Crippen LogP contribution in [-0.4, -0.2) is 19.0 Å². The Balaban J connectivity index is 2.01. The minimum Gasteiger partial charge on any atom is -0.497 e. The number of hydrogen-bond acceptors (Lipinski definition) is 3. The monoisotopic (exact) mass is 282 g/mol. The van der Waals surface area contributed by atoms with E-state index in [9.17, 15) is 9.59 Å². The maximum Gasteiger partial charge on any atom is 0.329 e. The summed E-state index contributed by atoms with van der Waals surface area (Å²) < 4.78 is 5.11. The molecule has 0 spiro atoms. The average molecular weight is 282 g/mol. The van der Waals surface area contributed by atoms with Gasteiger partial charge in [0.15, 0.2) is 0 Å². The zero-order valence-corrected chi connectivity index (χ0v) is 11.4. The minimum atomic E-state index is -0.646. The SMILES string of the molecule is COc1ccc(N2C(=O)NC(=O)C2c2ccccc2)cc1. The van der Waals surface area contributed by atoms with Gasteiger partial charge in [0.2, 0.25) is 0 Å². The summed E-state index contributed by atoms with van der Waals surface area (Å²) in [4.78, 5) is 25.6. The fraction of sp³-hybridized carbons (Fsp3) is 0.125. The summed E-state index contributed by atoms with van der Waals surface area (Å²) in [6, 6.07) is 15.2. The van der Waals surface area contributed by atoms with Crippen molar-refractivity contribution in [1.82, 2.24) is 5.32 Å². The Bertz CT molecular complexity index is 668. The fourth-order valence-electron chi connectivity index (χ4n) is 2.41. The van der Waals surface area contributed by atoms with Crippen LogP contribution in [0.15, 0.2) is 54.6 Å². The first kappa shape index (κ1) is 13.2. The third kappa shape index (κ3) is 2.33. The summed E-state index contributed by atoms with van der Waals surface area (Å²) in [5.41, 5.74) is 1.42. The van der Waals surface area contributed by atoms with Crippen LogP contribution in [0, 0.1) is 0 Å². The van der Waals surface area contributed by atoms with E-state index >= 15 is 0 Å². The van der Waals surface area contributed by atoms with Gasteiger partial charge in [-0.15, -0.1) is 0 Å². The Hall–Kier alpha value is -2.82. The number of imide groups is 1. The molecule has 5 nitrogen and oxygen atoms in total. The van der Waals surface area contributed by atoms with Gasteiger partial charge in [0.05, 0.1) is 7.11 Å². The molecule has 0 bridgehead atoms. The number of anilines is 1. The lowest BCUT2D eigenvalue weighted by molar-refractivity contribution is -0.119. The predicted octanol–water partition coefficient (Wildman–Crippen LogP) is 2.49. The molecule has 1 unspecified atom stereocenters. The van der Waals surface area contributed by atoms with Gasteiger partial charge >= 0.3 is 6.03 Å². The van der Waals surface area contributed by atoms with Crippen LogP contribution in [0.1, 0.15) is 11.6 Å². The van der Waals surface area contributed by atoms with E-state index in [0.29, 0.717) is 11.4 Å². The molecule has 106 valence electrons. The largest absolute Gasteiger partial charge is 0.497 e. The first-order chi connectivity index (χ1) is 10.2. The number of carbonyl (C=O) groups excluding carboxylic acids is 2. The molecular weight excluding hydrogens is 268 g/mol. The summed E-state index contributed by atoms with van der Waals surface area (Å²) in [7, 11) is 1.58. The van der Waals surface area contributed by atoms with Crippen molar-refractivity contribution in [2.24, 2.45) is 0 Å². The Kier molecular flexibility index (Phi) is 3.31. The third-order valence-corrected chi connectivity index (χ3v) is 3.42. The van der Waals surface area contributed by atoms with Gasteiger partial charge in [-0.25, -0.2) is 4.79 Å². The molecule has 2 aromatic carbocycles. The van der Waals surface area contributed by atoms with Crippen LogP contribution >= 0.6 is 0 Å². The second-order valence-corrected chi connectivity index (χ2v) is 4.68. The predicted molar refractivity (Wildman–Crippen MR) is 78.2 cm³/mol. The molecule has 3 amide bonds. The lowest BCUT2D eigenvalue weighted by Gasteiger charge is -2.22. The standard InChI is InChI=1S/C16H14N2O3/c1-21-13-9-7-12(8-10-13)18-14(15(19)17-16(18)20)11-5-3-2-4-6-11/h2-10,14H,1H3,(H,17,19,20). The maximum absolute atomic E-state index is 12.1. The maximum atomic E-state index is 12.1. The second kappa shape index (κ2) is 5.28. The zero-order chi connectivity index (χ0) is 14.8. The van der Waals surface area contributed by atoms with E-state index in [2.05, 4.69) is 5.32 Å². The number of nitrogens with one attached hydrogen (secondary N) is 1. The van der Waals surface area contributed by atoms with Crippen LogP contribution in [0.25, 0.3) is 0 Å². The molecule has 1 aliphatic rings. The van der Waals surface area contributed by atoms with E-state index < -0.39 is 12.1 Å². The normalized spacial score (nSPS) is 17.8. The molecule has 1 saturated heterocycles. The van der Waals surface area contributed by atoms with Crippen molar-refractivity contribution in [3.63, 3.8) is 0 Å². The van der Waals surface area contributed by atoms with Crippen molar-refractivity contribution in [3.05, 3.63) is 60.2 Å². The molecule has 1 heterocycles. The van der Waals surface area contributed by atoms with E-state index in [0.717, 1.165) is 5.56 Å². The topological polar surface area (TPSA) is 58.6 Å². The van der Waals surface area contributed by atoms with E-state index in [1.165, 1.54) is 4.90 Å². The van der Waals surface area contributed by atoms with Crippen molar-refractivity contribution < 1.29 is 14.3 Å².